The van der Waals surface area contributed by atoms with Gasteiger partial charge in [0, 0.05) is 0 Å². The highest BCUT2D eigenvalue weighted by Crippen LogP contribution is 2.25. The van der Waals surface area contributed by atoms with Gasteiger partial charge in [-0.2, -0.15) is 0 Å². The first-order valence-corrected chi connectivity index (χ1v) is 4.33. The Balaban J connectivity index is 2.75. The molecule has 0 radical (unpaired) electrons. The first-order valence-electron chi connectivity index (χ1n) is 3.51. The number of fused-ring (bicyclic) bond motifs is 1. The summed E-state index contributed by atoms with van der Waals surface area (Å²) in [7, 11) is 0. The molecule has 60 valence electrons. The molecule has 2 aromatic rings. The van der Waals surface area contributed by atoms with E-state index >= 15 is 0 Å². The molecule has 1 heterocycles. The van der Waals surface area contributed by atoms with Gasteiger partial charge in [0.25, 0.3) is 0 Å². The van der Waals surface area contributed by atoms with E-state index in [4.69, 9.17) is 5.11 Å². The van der Waals surface area contributed by atoms with Gasteiger partial charge in [0.05, 0.1) is 10.2 Å². The van der Waals surface area contributed by atoms with Crippen molar-refractivity contribution >= 4 is 27.6 Å². The van der Waals surface area contributed by atoms with Crippen LogP contribution in [0.25, 0.3) is 16.3 Å². The van der Waals surface area contributed by atoms with Crippen LogP contribution >= 0.6 is 11.3 Å². The molecule has 1 aromatic carbocycles. The Morgan fingerprint density at radius 3 is 3.08 bits per heavy atom. The quantitative estimate of drug-likeness (QED) is 0.726. The third kappa shape index (κ3) is 1.08. The lowest BCUT2D eigenvalue weighted by Crippen LogP contribution is -1.67. The Morgan fingerprint density at radius 2 is 2.33 bits per heavy atom. The van der Waals surface area contributed by atoms with Gasteiger partial charge in [-0.15, -0.1) is 11.3 Å². The van der Waals surface area contributed by atoms with E-state index in [1.165, 1.54) is 11.3 Å². The minimum absolute atomic E-state index is 0.279. The summed E-state index contributed by atoms with van der Waals surface area (Å²) in [4.78, 5) is 4.26. The van der Waals surface area contributed by atoms with Crippen molar-refractivity contribution in [2.45, 2.75) is 0 Å². The summed E-state index contributed by atoms with van der Waals surface area (Å²) in [5, 5.41) is 10.1. The van der Waals surface area contributed by atoms with Crippen molar-refractivity contribution in [3.05, 3.63) is 29.8 Å². The molecule has 0 saturated carbocycles. The second-order valence-electron chi connectivity index (χ2n) is 2.41. The summed E-state index contributed by atoms with van der Waals surface area (Å²) >= 11 is 1.52. The molecule has 0 amide bonds. The average Bonchev–Trinajstić information content (AvgIpc) is 2.46. The van der Waals surface area contributed by atoms with Crippen LogP contribution in [0.2, 0.25) is 0 Å². The highest BCUT2D eigenvalue weighted by atomic mass is 32.1. The zero-order valence-corrected chi connectivity index (χ0v) is 7.14. The van der Waals surface area contributed by atoms with Gasteiger partial charge in [-0.25, -0.2) is 4.98 Å². The molecule has 0 aliphatic rings. The Hall–Kier alpha value is -1.35. The molecular formula is C9H7NOS. The predicted molar refractivity (Wildman–Crippen MR) is 51.4 cm³/mol. The maximum atomic E-state index is 9.17. The van der Waals surface area contributed by atoms with E-state index < -0.39 is 0 Å². The second-order valence-corrected chi connectivity index (χ2v) is 3.47. The Kier molecular flexibility index (Phi) is 1.59. The fourth-order valence-electron chi connectivity index (χ4n) is 1.02. The standard InChI is InChI=1S/C9H7NOS/c1-2-9-10-7-4-3-6(11)5-8(7)12-9/h2-5,11H,1H2. The lowest BCUT2D eigenvalue weighted by molar-refractivity contribution is 0.476. The Bertz CT molecular complexity index is 433. The van der Waals surface area contributed by atoms with Gasteiger partial charge >= 0.3 is 0 Å². The summed E-state index contributed by atoms with van der Waals surface area (Å²) in [6.07, 6.45) is 1.71. The number of rotatable bonds is 1. The second kappa shape index (κ2) is 2.60. The molecule has 1 aromatic heterocycles. The van der Waals surface area contributed by atoms with Crippen LogP contribution < -0.4 is 0 Å². The molecule has 2 rings (SSSR count). The number of benzene rings is 1. The smallest absolute Gasteiger partial charge is 0.117 e. The molecule has 0 bridgehead atoms. The fourth-order valence-corrected chi connectivity index (χ4v) is 1.87. The monoisotopic (exact) mass is 177 g/mol. The number of hydrogen-bond acceptors (Lipinski definition) is 3. The number of thiazole rings is 1. The number of hydrogen-bond donors (Lipinski definition) is 1. The van der Waals surface area contributed by atoms with Gasteiger partial charge in [0.15, 0.2) is 0 Å². The van der Waals surface area contributed by atoms with Gasteiger partial charge in [-0.1, -0.05) is 6.58 Å². The van der Waals surface area contributed by atoms with Crippen molar-refractivity contribution < 1.29 is 5.11 Å². The number of phenols is 1. The molecule has 0 spiro atoms. The van der Waals surface area contributed by atoms with Gasteiger partial charge < -0.3 is 5.11 Å². The molecule has 0 fully saturated rings. The van der Waals surface area contributed by atoms with Crippen LogP contribution in [0.1, 0.15) is 5.01 Å². The van der Waals surface area contributed by atoms with E-state index in [9.17, 15) is 0 Å². The summed E-state index contributed by atoms with van der Waals surface area (Å²) in [6, 6.07) is 5.14. The minimum atomic E-state index is 0.279. The summed E-state index contributed by atoms with van der Waals surface area (Å²) in [6.45, 7) is 3.63. The van der Waals surface area contributed by atoms with E-state index in [1.54, 1.807) is 24.3 Å². The largest absolute Gasteiger partial charge is 0.508 e. The van der Waals surface area contributed by atoms with Gasteiger partial charge in [0.2, 0.25) is 0 Å². The summed E-state index contributed by atoms with van der Waals surface area (Å²) in [5.74, 6) is 0.279. The van der Waals surface area contributed by atoms with E-state index in [0.29, 0.717) is 0 Å². The fraction of sp³-hybridized carbons (Fsp3) is 0. The SMILES string of the molecule is C=Cc1nc2ccc(O)cc2s1. The topological polar surface area (TPSA) is 33.1 Å². The third-order valence-corrected chi connectivity index (χ3v) is 2.58. The first kappa shape index (κ1) is 7.31. The van der Waals surface area contributed by atoms with Crippen molar-refractivity contribution in [1.29, 1.82) is 0 Å². The van der Waals surface area contributed by atoms with Crippen molar-refractivity contribution in [2.24, 2.45) is 0 Å². The lowest BCUT2D eigenvalue weighted by Gasteiger charge is -1.87. The highest BCUT2D eigenvalue weighted by Gasteiger charge is 2.00. The predicted octanol–water partition coefficient (Wildman–Crippen LogP) is 2.64. The maximum Gasteiger partial charge on any atom is 0.117 e. The molecule has 0 aliphatic heterocycles. The average molecular weight is 177 g/mol. The van der Waals surface area contributed by atoms with Crippen LogP contribution in [-0.4, -0.2) is 10.1 Å². The van der Waals surface area contributed by atoms with Gasteiger partial charge in [-0.3, -0.25) is 0 Å². The van der Waals surface area contributed by atoms with Crippen LogP contribution in [0.5, 0.6) is 5.75 Å². The van der Waals surface area contributed by atoms with E-state index in [2.05, 4.69) is 11.6 Å². The molecule has 0 saturated heterocycles. The Labute approximate surface area is 73.8 Å². The van der Waals surface area contributed by atoms with Gasteiger partial charge in [0.1, 0.15) is 10.8 Å². The van der Waals surface area contributed by atoms with Crippen molar-refractivity contribution in [1.82, 2.24) is 4.98 Å². The Morgan fingerprint density at radius 1 is 1.50 bits per heavy atom. The van der Waals surface area contributed by atoms with Gasteiger partial charge in [-0.05, 0) is 24.3 Å². The van der Waals surface area contributed by atoms with Crippen molar-refractivity contribution in [3.8, 4) is 5.75 Å². The van der Waals surface area contributed by atoms with E-state index in [1.807, 2.05) is 0 Å². The number of aromatic nitrogens is 1. The third-order valence-electron chi connectivity index (χ3n) is 1.56. The molecule has 0 atom stereocenters. The van der Waals surface area contributed by atoms with Crippen LogP contribution in [-0.2, 0) is 0 Å². The zero-order chi connectivity index (χ0) is 8.55. The van der Waals surface area contributed by atoms with Crippen LogP contribution in [0, 0.1) is 0 Å². The summed E-state index contributed by atoms with van der Waals surface area (Å²) in [5.41, 5.74) is 0.910. The van der Waals surface area contributed by atoms with Crippen molar-refractivity contribution in [3.63, 3.8) is 0 Å². The van der Waals surface area contributed by atoms with E-state index in [-0.39, 0.29) is 5.75 Å². The highest BCUT2D eigenvalue weighted by molar-refractivity contribution is 7.19. The molecule has 3 heteroatoms. The first-order chi connectivity index (χ1) is 5.79. The molecular weight excluding hydrogens is 170 g/mol. The summed E-state index contributed by atoms with van der Waals surface area (Å²) < 4.78 is 0.991. The number of phenolic OH excluding ortho intramolecular Hbond substituents is 1. The van der Waals surface area contributed by atoms with Crippen LogP contribution in [0.15, 0.2) is 24.8 Å². The zero-order valence-electron chi connectivity index (χ0n) is 6.32. The molecule has 0 unspecified atom stereocenters. The molecule has 1 N–H and O–H groups in total. The molecule has 12 heavy (non-hydrogen) atoms. The molecule has 2 nitrogen and oxygen atoms in total. The number of aromatic hydroxyl groups is 1. The maximum absolute atomic E-state index is 9.17. The lowest BCUT2D eigenvalue weighted by atomic mass is 10.3. The van der Waals surface area contributed by atoms with E-state index in [0.717, 1.165) is 15.2 Å². The molecule has 0 aliphatic carbocycles. The van der Waals surface area contributed by atoms with Crippen LogP contribution in [0.4, 0.5) is 0 Å². The normalized spacial score (nSPS) is 10.3. The minimum Gasteiger partial charge on any atom is -0.508 e. The number of nitrogens with zero attached hydrogens (tertiary/aromatic N) is 1. The van der Waals surface area contributed by atoms with Crippen molar-refractivity contribution in [2.75, 3.05) is 0 Å². The van der Waals surface area contributed by atoms with Crippen LogP contribution in [0.3, 0.4) is 0 Å².